The molecule has 5 heteroatoms. The maximum absolute atomic E-state index is 11.8. The SMILES string of the molecule is CCOC(=O)C(=O)c1ccc(C2CCSC2)c(Br)c1. The van der Waals surface area contributed by atoms with Gasteiger partial charge in [-0.15, -0.1) is 0 Å². The van der Waals surface area contributed by atoms with E-state index >= 15 is 0 Å². The van der Waals surface area contributed by atoms with Gasteiger partial charge in [0.05, 0.1) is 6.61 Å². The van der Waals surface area contributed by atoms with Crippen molar-refractivity contribution in [3.05, 3.63) is 33.8 Å². The summed E-state index contributed by atoms with van der Waals surface area (Å²) in [5.41, 5.74) is 1.59. The monoisotopic (exact) mass is 342 g/mol. The van der Waals surface area contributed by atoms with Gasteiger partial charge in [-0.05, 0) is 36.6 Å². The fraction of sp³-hybridized carbons (Fsp3) is 0.429. The Morgan fingerprint density at radius 1 is 1.47 bits per heavy atom. The molecule has 0 bridgehead atoms. The molecule has 3 nitrogen and oxygen atoms in total. The van der Waals surface area contributed by atoms with Crippen molar-refractivity contribution in [3.63, 3.8) is 0 Å². The number of Topliss-reactive ketones (excluding diaryl/α,β-unsaturated/α-hetero) is 1. The molecule has 0 spiro atoms. The molecule has 0 aromatic heterocycles. The molecule has 0 N–H and O–H groups in total. The van der Waals surface area contributed by atoms with Crippen molar-refractivity contribution in [2.24, 2.45) is 0 Å². The number of benzene rings is 1. The van der Waals surface area contributed by atoms with Crippen LogP contribution < -0.4 is 0 Å². The summed E-state index contributed by atoms with van der Waals surface area (Å²) < 4.78 is 5.62. The van der Waals surface area contributed by atoms with Crippen LogP contribution in [-0.4, -0.2) is 29.9 Å². The fourth-order valence-electron chi connectivity index (χ4n) is 2.09. The van der Waals surface area contributed by atoms with Crippen molar-refractivity contribution >= 4 is 39.4 Å². The van der Waals surface area contributed by atoms with Gasteiger partial charge in [0.15, 0.2) is 0 Å². The van der Waals surface area contributed by atoms with Gasteiger partial charge in [-0.2, -0.15) is 11.8 Å². The highest BCUT2D eigenvalue weighted by Gasteiger charge is 2.22. The Labute approximate surface area is 125 Å². The Morgan fingerprint density at radius 3 is 2.84 bits per heavy atom. The molecule has 0 amide bonds. The highest BCUT2D eigenvalue weighted by molar-refractivity contribution is 9.10. The van der Waals surface area contributed by atoms with Gasteiger partial charge in [-0.3, -0.25) is 4.79 Å². The van der Waals surface area contributed by atoms with Gasteiger partial charge in [0, 0.05) is 15.8 Å². The maximum Gasteiger partial charge on any atom is 0.379 e. The molecule has 19 heavy (non-hydrogen) atoms. The Morgan fingerprint density at radius 2 is 2.26 bits per heavy atom. The average Bonchev–Trinajstić information content (AvgIpc) is 2.91. The van der Waals surface area contributed by atoms with Crippen molar-refractivity contribution in [1.82, 2.24) is 0 Å². The van der Waals surface area contributed by atoms with Gasteiger partial charge < -0.3 is 4.74 Å². The number of carbonyl (C=O) groups is 2. The predicted octanol–water partition coefficient (Wildman–Crippen LogP) is 3.42. The molecule has 1 heterocycles. The van der Waals surface area contributed by atoms with E-state index in [0.717, 1.165) is 16.6 Å². The number of hydrogen-bond acceptors (Lipinski definition) is 4. The lowest BCUT2D eigenvalue weighted by molar-refractivity contribution is -0.137. The van der Waals surface area contributed by atoms with E-state index in [9.17, 15) is 9.59 Å². The topological polar surface area (TPSA) is 43.4 Å². The minimum absolute atomic E-state index is 0.211. The van der Waals surface area contributed by atoms with Crippen LogP contribution in [0.15, 0.2) is 22.7 Å². The van der Waals surface area contributed by atoms with Crippen LogP contribution >= 0.6 is 27.7 Å². The van der Waals surface area contributed by atoms with Gasteiger partial charge in [-0.1, -0.05) is 28.1 Å². The van der Waals surface area contributed by atoms with Crippen LogP contribution in [0.25, 0.3) is 0 Å². The Balaban J connectivity index is 2.18. The number of rotatable bonds is 4. The lowest BCUT2D eigenvalue weighted by Crippen LogP contribution is -2.17. The molecule has 102 valence electrons. The van der Waals surface area contributed by atoms with Crippen LogP contribution in [-0.2, 0) is 9.53 Å². The number of carbonyl (C=O) groups excluding carboxylic acids is 2. The zero-order chi connectivity index (χ0) is 13.8. The first-order valence-electron chi connectivity index (χ1n) is 6.22. The number of halogens is 1. The number of hydrogen-bond donors (Lipinski definition) is 0. The third-order valence-corrected chi connectivity index (χ3v) is 4.94. The van der Waals surface area contributed by atoms with E-state index in [1.54, 1.807) is 19.1 Å². The maximum atomic E-state index is 11.8. The van der Waals surface area contributed by atoms with Gasteiger partial charge in [0.2, 0.25) is 0 Å². The lowest BCUT2D eigenvalue weighted by Gasteiger charge is -2.12. The molecule has 1 atom stereocenters. The van der Waals surface area contributed by atoms with Crippen LogP contribution in [0.1, 0.15) is 35.2 Å². The largest absolute Gasteiger partial charge is 0.460 e. The van der Waals surface area contributed by atoms with E-state index in [1.165, 1.54) is 11.3 Å². The standard InChI is InChI=1S/C14H15BrO3S/c1-2-18-14(17)13(16)9-3-4-11(12(15)7-9)10-5-6-19-8-10/h3-4,7,10H,2,5-6,8H2,1H3. The Kier molecular flexibility index (Phi) is 5.05. The molecule has 1 saturated heterocycles. The molecule has 0 aliphatic carbocycles. The van der Waals surface area contributed by atoms with Crippen molar-refractivity contribution in [1.29, 1.82) is 0 Å². The zero-order valence-electron chi connectivity index (χ0n) is 10.6. The second-order valence-corrected chi connectivity index (χ2v) is 6.35. The highest BCUT2D eigenvalue weighted by atomic mass is 79.9. The number of ether oxygens (including phenoxy) is 1. The van der Waals surface area contributed by atoms with E-state index in [4.69, 9.17) is 4.74 Å². The minimum Gasteiger partial charge on any atom is -0.460 e. The van der Waals surface area contributed by atoms with E-state index in [2.05, 4.69) is 15.9 Å². The number of esters is 1. The smallest absolute Gasteiger partial charge is 0.379 e. The van der Waals surface area contributed by atoms with Crippen LogP contribution in [0.3, 0.4) is 0 Å². The van der Waals surface area contributed by atoms with Crippen molar-refractivity contribution in [2.75, 3.05) is 18.1 Å². The van der Waals surface area contributed by atoms with E-state index in [0.29, 0.717) is 11.5 Å². The first-order valence-corrected chi connectivity index (χ1v) is 8.17. The fourth-order valence-corrected chi connectivity index (χ4v) is 4.04. The highest BCUT2D eigenvalue weighted by Crippen LogP contribution is 2.36. The quantitative estimate of drug-likeness (QED) is 0.477. The van der Waals surface area contributed by atoms with Gasteiger partial charge in [0.25, 0.3) is 5.78 Å². The Bertz CT molecular complexity index is 495. The third kappa shape index (κ3) is 3.39. The number of thioether (sulfide) groups is 1. The molecule has 1 aliphatic rings. The second-order valence-electron chi connectivity index (χ2n) is 4.35. The molecule has 1 fully saturated rings. The normalized spacial score (nSPS) is 18.3. The third-order valence-electron chi connectivity index (χ3n) is 3.09. The summed E-state index contributed by atoms with van der Waals surface area (Å²) in [4.78, 5) is 23.2. The Hall–Kier alpha value is -0.810. The summed E-state index contributed by atoms with van der Waals surface area (Å²) >= 11 is 5.45. The summed E-state index contributed by atoms with van der Waals surface area (Å²) in [7, 11) is 0. The first-order chi connectivity index (χ1) is 9.13. The van der Waals surface area contributed by atoms with Gasteiger partial charge in [0.1, 0.15) is 0 Å². The van der Waals surface area contributed by atoms with Crippen LogP contribution in [0.5, 0.6) is 0 Å². The summed E-state index contributed by atoms with van der Waals surface area (Å²) in [6.45, 7) is 1.89. The lowest BCUT2D eigenvalue weighted by atomic mass is 9.97. The minimum atomic E-state index is -0.793. The van der Waals surface area contributed by atoms with E-state index < -0.39 is 11.8 Å². The van der Waals surface area contributed by atoms with Gasteiger partial charge >= 0.3 is 5.97 Å². The second kappa shape index (κ2) is 6.57. The van der Waals surface area contributed by atoms with E-state index in [-0.39, 0.29) is 6.61 Å². The van der Waals surface area contributed by atoms with Crippen molar-refractivity contribution in [2.45, 2.75) is 19.3 Å². The molecular formula is C14H15BrO3S. The van der Waals surface area contributed by atoms with Crippen LogP contribution in [0.4, 0.5) is 0 Å². The molecule has 1 unspecified atom stereocenters. The van der Waals surface area contributed by atoms with E-state index in [1.807, 2.05) is 17.8 Å². The average molecular weight is 343 g/mol. The molecule has 1 aromatic rings. The molecule has 2 rings (SSSR count). The summed E-state index contributed by atoms with van der Waals surface area (Å²) in [5, 5.41) is 0. The van der Waals surface area contributed by atoms with Gasteiger partial charge in [-0.25, -0.2) is 4.79 Å². The van der Waals surface area contributed by atoms with Crippen LogP contribution in [0, 0.1) is 0 Å². The molecule has 0 saturated carbocycles. The molecule has 1 aliphatic heterocycles. The number of ketones is 1. The summed E-state index contributed by atoms with van der Waals surface area (Å²) in [6.07, 6.45) is 1.16. The van der Waals surface area contributed by atoms with Crippen molar-refractivity contribution < 1.29 is 14.3 Å². The molecule has 1 aromatic carbocycles. The zero-order valence-corrected chi connectivity index (χ0v) is 13.1. The summed E-state index contributed by atoms with van der Waals surface area (Å²) in [5.74, 6) is 1.45. The first kappa shape index (κ1) is 14.6. The van der Waals surface area contributed by atoms with Crippen molar-refractivity contribution in [3.8, 4) is 0 Å². The molecular weight excluding hydrogens is 328 g/mol. The summed E-state index contributed by atoms with van der Waals surface area (Å²) in [6, 6.07) is 5.37. The van der Waals surface area contributed by atoms with Crippen LogP contribution in [0.2, 0.25) is 0 Å². The molecule has 0 radical (unpaired) electrons. The predicted molar refractivity (Wildman–Crippen MR) is 79.8 cm³/mol.